The van der Waals surface area contributed by atoms with Crippen molar-refractivity contribution >= 4 is 17.2 Å². The average molecular weight is 362 g/mol. The molecule has 0 radical (unpaired) electrons. The van der Waals surface area contributed by atoms with Gasteiger partial charge in [-0.25, -0.2) is 4.99 Å². The van der Waals surface area contributed by atoms with Crippen LogP contribution in [0.2, 0.25) is 0 Å². The highest BCUT2D eigenvalue weighted by Gasteiger charge is 2.28. The molecule has 142 valence electrons. The lowest BCUT2D eigenvalue weighted by Gasteiger charge is -2.18. The molecule has 3 rings (SSSR count). The maximum Gasteiger partial charge on any atom is 0.148 e. The molecule has 1 aliphatic heterocycles. The van der Waals surface area contributed by atoms with Gasteiger partial charge >= 0.3 is 0 Å². The summed E-state index contributed by atoms with van der Waals surface area (Å²) in [7, 11) is 0. The van der Waals surface area contributed by atoms with Gasteiger partial charge in [-0.3, -0.25) is 4.99 Å². The fourth-order valence-electron chi connectivity index (χ4n) is 3.42. The number of aliphatic imine (C=N–C) groups is 2. The van der Waals surface area contributed by atoms with Gasteiger partial charge in [0, 0.05) is 12.1 Å². The maximum atomic E-state index is 5.24. The van der Waals surface area contributed by atoms with E-state index in [2.05, 4.69) is 89.3 Å². The van der Waals surface area contributed by atoms with Gasteiger partial charge in [0.1, 0.15) is 11.5 Å². The summed E-state index contributed by atoms with van der Waals surface area (Å²) in [5.74, 6) is 1.71. The zero-order valence-corrected chi connectivity index (χ0v) is 17.4. The molecule has 0 saturated heterocycles. The van der Waals surface area contributed by atoms with Gasteiger partial charge in [0.05, 0.1) is 11.2 Å². The molecule has 0 unspecified atom stereocenters. The Bertz CT molecular complexity index is 832. The van der Waals surface area contributed by atoms with E-state index < -0.39 is 0 Å². The molecule has 0 saturated carbocycles. The highest BCUT2D eigenvalue weighted by molar-refractivity contribution is 6.48. The van der Waals surface area contributed by atoms with Gasteiger partial charge in [0.25, 0.3) is 0 Å². The van der Waals surface area contributed by atoms with Crippen LogP contribution < -0.4 is 5.32 Å². The minimum Gasteiger partial charge on any atom is -0.366 e. The Morgan fingerprint density at radius 2 is 1.52 bits per heavy atom. The Labute approximate surface area is 163 Å². The van der Waals surface area contributed by atoms with Crippen molar-refractivity contribution in [1.29, 1.82) is 0 Å². The summed E-state index contributed by atoms with van der Waals surface area (Å²) >= 11 is 0. The minimum absolute atomic E-state index is 0.108. The summed E-state index contributed by atoms with van der Waals surface area (Å²) in [6.45, 7) is 14.1. The summed E-state index contributed by atoms with van der Waals surface area (Å²) in [6, 6.07) is 16.9. The fraction of sp³-hybridized carbons (Fsp3) is 0.417. The second kappa shape index (κ2) is 7.67. The first-order chi connectivity index (χ1) is 12.8. The molecule has 0 bridgehead atoms. The van der Waals surface area contributed by atoms with E-state index in [1.165, 1.54) is 11.1 Å². The van der Waals surface area contributed by atoms with Crippen LogP contribution in [0.4, 0.5) is 5.69 Å². The van der Waals surface area contributed by atoms with E-state index in [0.29, 0.717) is 11.8 Å². The predicted octanol–water partition coefficient (Wildman–Crippen LogP) is 5.83. The van der Waals surface area contributed by atoms with Crippen LogP contribution in [0.5, 0.6) is 0 Å². The average Bonchev–Trinajstić information content (AvgIpc) is 2.99. The number of hydrogen-bond acceptors (Lipinski definition) is 3. The lowest BCUT2D eigenvalue weighted by atomic mass is 9.92. The van der Waals surface area contributed by atoms with Gasteiger partial charge in [-0.05, 0) is 36.8 Å². The molecule has 0 aliphatic carbocycles. The van der Waals surface area contributed by atoms with Crippen LogP contribution in [-0.2, 0) is 0 Å². The van der Waals surface area contributed by atoms with E-state index in [0.717, 1.165) is 29.3 Å². The Kier molecular flexibility index (Phi) is 5.50. The second-order valence-corrected chi connectivity index (χ2v) is 8.55. The van der Waals surface area contributed by atoms with E-state index >= 15 is 0 Å². The normalized spacial score (nSPS) is 16.6. The molecule has 1 N–H and O–H groups in total. The molecular formula is C24H31N3. The smallest absolute Gasteiger partial charge is 0.148 e. The molecule has 3 nitrogen and oxygen atoms in total. The Balaban J connectivity index is 2.24. The molecule has 0 amide bonds. The Hall–Kier alpha value is -2.42. The fourth-order valence-corrected chi connectivity index (χ4v) is 3.42. The first-order valence-corrected chi connectivity index (χ1v) is 9.89. The largest absolute Gasteiger partial charge is 0.366 e. The third-order valence-corrected chi connectivity index (χ3v) is 4.94. The van der Waals surface area contributed by atoms with Crippen molar-refractivity contribution in [3.8, 4) is 0 Å². The zero-order chi connectivity index (χ0) is 19.6. The molecule has 0 fully saturated rings. The number of hydrogen-bond donors (Lipinski definition) is 1. The number of nitrogens with one attached hydrogen (secondary N) is 1. The number of nitrogens with zero attached hydrogens (tertiary/aromatic N) is 2. The third-order valence-electron chi connectivity index (χ3n) is 4.94. The number of benzene rings is 2. The van der Waals surface area contributed by atoms with Crippen molar-refractivity contribution in [2.24, 2.45) is 9.98 Å². The summed E-state index contributed by atoms with van der Waals surface area (Å²) in [5.41, 5.74) is 5.57. The van der Waals surface area contributed by atoms with E-state index in [-0.39, 0.29) is 5.54 Å². The summed E-state index contributed by atoms with van der Waals surface area (Å²) in [5, 5.41) is 3.48. The highest BCUT2D eigenvalue weighted by atomic mass is 15.1. The van der Waals surface area contributed by atoms with Crippen molar-refractivity contribution in [1.82, 2.24) is 5.32 Å². The lowest BCUT2D eigenvalue weighted by molar-refractivity contribution is 0.549. The topological polar surface area (TPSA) is 36.8 Å². The van der Waals surface area contributed by atoms with Crippen LogP contribution in [0.15, 0.2) is 58.5 Å². The van der Waals surface area contributed by atoms with Crippen LogP contribution in [0.1, 0.15) is 70.1 Å². The van der Waals surface area contributed by atoms with E-state index in [1.54, 1.807) is 0 Å². The van der Waals surface area contributed by atoms with Crippen LogP contribution in [0.25, 0.3) is 0 Å². The maximum absolute atomic E-state index is 5.24. The van der Waals surface area contributed by atoms with Gasteiger partial charge in [-0.15, -0.1) is 0 Å². The molecule has 2 aromatic carbocycles. The third kappa shape index (κ3) is 4.29. The molecule has 0 atom stereocenters. The second-order valence-electron chi connectivity index (χ2n) is 8.55. The minimum atomic E-state index is -0.108. The van der Waals surface area contributed by atoms with Gasteiger partial charge in [0.2, 0.25) is 0 Å². The van der Waals surface area contributed by atoms with Crippen LogP contribution in [0, 0.1) is 0 Å². The summed E-state index contributed by atoms with van der Waals surface area (Å²) in [6.07, 6.45) is 0. The standard InChI is InChI=1S/C24H31N3/c1-16(2)19-13-10-14-20(17(3)4)22(19)26-21(18-11-8-7-9-12-18)23-25-15-24(5,6)27-23/h7-14,16-17H,15H2,1-6H3,(H,25,27)/b26-21+. The molecule has 1 heterocycles. The monoisotopic (exact) mass is 361 g/mol. The van der Waals surface area contributed by atoms with Crippen LogP contribution >= 0.6 is 0 Å². The summed E-state index contributed by atoms with van der Waals surface area (Å²) in [4.78, 5) is 10.2. The number of rotatable bonds is 5. The summed E-state index contributed by atoms with van der Waals surface area (Å²) < 4.78 is 0. The molecule has 1 aliphatic rings. The van der Waals surface area contributed by atoms with E-state index in [4.69, 9.17) is 9.98 Å². The van der Waals surface area contributed by atoms with Crippen molar-refractivity contribution in [2.75, 3.05) is 6.54 Å². The van der Waals surface area contributed by atoms with Crippen molar-refractivity contribution in [2.45, 2.75) is 58.9 Å². The molecule has 2 aromatic rings. The van der Waals surface area contributed by atoms with Gasteiger partial charge < -0.3 is 5.32 Å². The van der Waals surface area contributed by atoms with Crippen LogP contribution in [-0.4, -0.2) is 23.6 Å². The van der Waals surface area contributed by atoms with E-state index in [1.807, 2.05) is 6.07 Å². The van der Waals surface area contributed by atoms with Gasteiger partial charge in [0.15, 0.2) is 0 Å². The zero-order valence-electron chi connectivity index (χ0n) is 17.4. The Morgan fingerprint density at radius 3 is 2.00 bits per heavy atom. The van der Waals surface area contributed by atoms with Crippen molar-refractivity contribution in [3.63, 3.8) is 0 Å². The number of amidine groups is 1. The predicted molar refractivity (Wildman–Crippen MR) is 117 cm³/mol. The van der Waals surface area contributed by atoms with Crippen molar-refractivity contribution in [3.05, 3.63) is 65.2 Å². The number of para-hydroxylation sites is 1. The van der Waals surface area contributed by atoms with Gasteiger partial charge in [-0.1, -0.05) is 76.2 Å². The first-order valence-electron chi connectivity index (χ1n) is 9.89. The molecule has 3 heteroatoms. The van der Waals surface area contributed by atoms with Gasteiger partial charge in [-0.2, -0.15) is 0 Å². The quantitative estimate of drug-likeness (QED) is 0.668. The molecule has 27 heavy (non-hydrogen) atoms. The first kappa shape index (κ1) is 19.3. The molecule has 0 aromatic heterocycles. The van der Waals surface area contributed by atoms with E-state index in [9.17, 15) is 0 Å². The molecular weight excluding hydrogens is 330 g/mol. The highest BCUT2D eigenvalue weighted by Crippen LogP contribution is 2.35. The Morgan fingerprint density at radius 1 is 0.926 bits per heavy atom. The van der Waals surface area contributed by atoms with Crippen molar-refractivity contribution < 1.29 is 0 Å². The lowest BCUT2D eigenvalue weighted by Crippen LogP contribution is -2.30. The van der Waals surface area contributed by atoms with Crippen LogP contribution in [0.3, 0.4) is 0 Å². The molecule has 0 spiro atoms. The SMILES string of the molecule is CC(C)c1cccc(C(C)C)c1/N=C(/C1=NC(C)(C)CN1)c1ccccc1.